The van der Waals surface area contributed by atoms with Crippen molar-refractivity contribution in [2.24, 2.45) is 0 Å². The van der Waals surface area contributed by atoms with E-state index in [1.807, 2.05) is 26.0 Å². The molecule has 0 bridgehead atoms. The SMILES string of the molecule is COc1ccc(Oc2cccc(S(=O)(=O)NC(=O)c3[nH]c4cc(Cl)ccc4c3CCCOc3cc(C)cc(C)c3Cl)c2)cc1. The van der Waals surface area contributed by atoms with Crippen molar-refractivity contribution in [2.75, 3.05) is 13.7 Å². The Hall–Kier alpha value is -4.18. The second kappa shape index (κ2) is 13.2. The summed E-state index contributed by atoms with van der Waals surface area (Å²) in [6.07, 6.45) is 0.967. The van der Waals surface area contributed by atoms with Gasteiger partial charge in [0.1, 0.15) is 28.7 Å². The van der Waals surface area contributed by atoms with Crippen LogP contribution in [0.1, 0.15) is 33.6 Å². The number of carbonyl (C=O) groups is 1. The van der Waals surface area contributed by atoms with E-state index in [9.17, 15) is 13.2 Å². The number of carbonyl (C=O) groups excluding carboxylic acids is 1. The van der Waals surface area contributed by atoms with Crippen LogP contribution < -0.4 is 18.9 Å². The average molecular weight is 654 g/mol. The number of benzene rings is 4. The molecule has 0 saturated heterocycles. The lowest BCUT2D eigenvalue weighted by Gasteiger charge is -2.12. The Balaban J connectivity index is 1.34. The van der Waals surface area contributed by atoms with Gasteiger partial charge in [0.25, 0.3) is 15.9 Å². The third kappa shape index (κ3) is 7.13. The summed E-state index contributed by atoms with van der Waals surface area (Å²) in [4.78, 5) is 16.4. The average Bonchev–Trinajstić information content (AvgIpc) is 3.35. The van der Waals surface area contributed by atoms with E-state index in [-0.39, 0.29) is 16.3 Å². The molecule has 11 heteroatoms. The van der Waals surface area contributed by atoms with Crippen molar-refractivity contribution in [2.45, 2.75) is 31.6 Å². The summed E-state index contributed by atoms with van der Waals surface area (Å²) >= 11 is 12.6. The first kappa shape index (κ1) is 31.3. The van der Waals surface area contributed by atoms with Gasteiger partial charge in [-0.05, 0) is 98.0 Å². The molecule has 1 aromatic heterocycles. The Kier molecular flexibility index (Phi) is 9.39. The first-order valence-corrected chi connectivity index (χ1v) is 16.0. The lowest BCUT2D eigenvalue weighted by Crippen LogP contribution is -2.31. The largest absolute Gasteiger partial charge is 0.497 e. The zero-order chi connectivity index (χ0) is 31.4. The van der Waals surface area contributed by atoms with Gasteiger partial charge in [-0.25, -0.2) is 13.1 Å². The van der Waals surface area contributed by atoms with E-state index in [0.717, 1.165) is 16.5 Å². The summed E-state index contributed by atoms with van der Waals surface area (Å²) < 4.78 is 45.7. The Bertz CT molecular complexity index is 1940. The Morgan fingerprint density at radius 3 is 2.41 bits per heavy atom. The highest BCUT2D eigenvalue weighted by atomic mass is 35.5. The highest BCUT2D eigenvalue weighted by Crippen LogP contribution is 2.31. The number of aromatic amines is 1. The number of rotatable bonds is 11. The van der Waals surface area contributed by atoms with Crippen molar-refractivity contribution in [3.63, 3.8) is 0 Å². The second-order valence-corrected chi connectivity index (χ2v) is 12.7. The van der Waals surface area contributed by atoms with Crippen LogP contribution in [0.4, 0.5) is 0 Å². The van der Waals surface area contributed by atoms with Crippen LogP contribution in [0, 0.1) is 13.8 Å². The molecule has 0 fully saturated rings. The summed E-state index contributed by atoms with van der Waals surface area (Å²) in [5.74, 6) is 1.24. The molecule has 0 unspecified atom stereocenters. The zero-order valence-electron chi connectivity index (χ0n) is 24.2. The Morgan fingerprint density at radius 1 is 0.909 bits per heavy atom. The maximum absolute atomic E-state index is 13.5. The number of ether oxygens (including phenoxy) is 3. The lowest BCUT2D eigenvalue weighted by molar-refractivity contribution is 0.0976. The minimum Gasteiger partial charge on any atom is -0.497 e. The van der Waals surface area contributed by atoms with Gasteiger partial charge < -0.3 is 19.2 Å². The quantitative estimate of drug-likeness (QED) is 0.140. The molecule has 2 N–H and O–H groups in total. The normalized spacial score (nSPS) is 11.4. The molecule has 0 atom stereocenters. The number of fused-ring (bicyclic) bond motifs is 1. The Labute approximate surface area is 265 Å². The molecule has 228 valence electrons. The van der Waals surface area contributed by atoms with E-state index < -0.39 is 15.9 Å². The minimum atomic E-state index is -4.25. The number of sulfonamides is 1. The summed E-state index contributed by atoms with van der Waals surface area (Å²) in [5.41, 5.74) is 3.35. The molecule has 1 amide bonds. The number of hydrogen-bond donors (Lipinski definition) is 2. The summed E-state index contributed by atoms with van der Waals surface area (Å²) in [6, 6.07) is 21.8. The van der Waals surface area contributed by atoms with Crippen molar-refractivity contribution in [1.29, 1.82) is 0 Å². The van der Waals surface area contributed by atoms with Crippen LogP contribution in [0.25, 0.3) is 10.9 Å². The third-order valence-corrected chi connectivity index (χ3v) is 8.98. The molecular formula is C33H30Cl2N2O6S. The molecule has 5 rings (SSSR count). The van der Waals surface area contributed by atoms with Crippen LogP contribution >= 0.6 is 23.2 Å². The maximum atomic E-state index is 13.5. The highest BCUT2D eigenvalue weighted by Gasteiger charge is 2.24. The molecule has 0 saturated carbocycles. The van der Waals surface area contributed by atoms with Crippen LogP contribution in [0.15, 0.2) is 83.8 Å². The van der Waals surface area contributed by atoms with Crippen molar-refractivity contribution in [1.82, 2.24) is 9.71 Å². The second-order valence-electron chi connectivity index (χ2n) is 10.2. The number of methoxy groups -OCH3 is 1. The number of aromatic nitrogens is 1. The summed E-state index contributed by atoms with van der Waals surface area (Å²) in [5, 5.41) is 1.80. The molecule has 8 nitrogen and oxygen atoms in total. The Morgan fingerprint density at radius 2 is 1.66 bits per heavy atom. The molecular weight excluding hydrogens is 623 g/mol. The minimum absolute atomic E-state index is 0.126. The molecule has 1 heterocycles. The molecule has 0 radical (unpaired) electrons. The third-order valence-electron chi connectivity index (χ3n) is 6.93. The first-order valence-electron chi connectivity index (χ1n) is 13.7. The first-order chi connectivity index (χ1) is 21.0. The van der Waals surface area contributed by atoms with Crippen LogP contribution in [-0.4, -0.2) is 33.0 Å². The van der Waals surface area contributed by atoms with Crippen molar-refractivity contribution >= 4 is 50.0 Å². The molecule has 0 spiro atoms. The van der Waals surface area contributed by atoms with Gasteiger partial charge in [0.2, 0.25) is 0 Å². The fourth-order valence-corrected chi connectivity index (χ4v) is 6.17. The number of halogens is 2. The van der Waals surface area contributed by atoms with Gasteiger partial charge in [-0.2, -0.15) is 0 Å². The summed E-state index contributed by atoms with van der Waals surface area (Å²) in [7, 11) is -2.69. The number of aryl methyl sites for hydroxylation is 3. The number of amides is 1. The van der Waals surface area contributed by atoms with Gasteiger partial charge >= 0.3 is 0 Å². The van der Waals surface area contributed by atoms with Crippen LogP contribution in [0.3, 0.4) is 0 Å². The maximum Gasteiger partial charge on any atom is 0.281 e. The fraction of sp³-hybridized carbons (Fsp3) is 0.182. The highest BCUT2D eigenvalue weighted by molar-refractivity contribution is 7.90. The van der Waals surface area contributed by atoms with E-state index in [2.05, 4.69) is 9.71 Å². The van der Waals surface area contributed by atoms with Gasteiger partial charge in [0.15, 0.2) is 0 Å². The lowest BCUT2D eigenvalue weighted by atomic mass is 10.1. The van der Waals surface area contributed by atoms with E-state index in [0.29, 0.717) is 57.8 Å². The van der Waals surface area contributed by atoms with Crippen molar-refractivity contribution < 1.29 is 27.4 Å². The van der Waals surface area contributed by atoms with Crippen molar-refractivity contribution in [3.8, 4) is 23.0 Å². The van der Waals surface area contributed by atoms with Crippen LogP contribution in [-0.2, 0) is 16.4 Å². The number of H-pyrrole nitrogens is 1. The molecule has 0 aliphatic carbocycles. The topological polar surface area (TPSA) is 107 Å². The van der Waals surface area contributed by atoms with Gasteiger partial charge in [0, 0.05) is 22.0 Å². The predicted molar refractivity (Wildman–Crippen MR) is 172 cm³/mol. The van der Waals surface area contributed by atoms with Gasteiger partial charge in [-0.1, -0.05) is 41.4 Å². The standard InChI is InChI=1S/C33H30Cl2N2O6S/c1-20-16-21(2)31(35)30(17-20)42-15-5-8-28-27-14-9-22(34)18-29(27)36-32(28)33(38)37-44(39,40)26-7-4-6-25(19-26)43-24-12-10-23(41-3)11-13-24/h4,6-7,9-14,16-19,36H,5,8,15H2,1-3H3,(H,37,38). The summed E-state index contributed by atoms with van der Waals surface area (Å²) in [6.45, 7) is 4.22. The zero-order valence-corrected chi connectivity index (χ0v) is 26.6. The van der Waals surface area contributed by atoms with Crippen molar-refractivity contribution in [3.05, 3.63) is 111 Å². The molecule has 44 heavy (non-hydrogen) atoms. The van der Waals surface area contributed by atoms with Gasteiger partial charge in [-0.15, -0.1) is 0 Å². The number of nitrogens with one attached hydrogen (secondary N) is 2. The van der Waals surface area contributed by atoms with Gasteiger partial charge in [0.05, 0.1) is 23.6 Å². The fourth-order valence-electron chi connectivity index (χ4n) is 4.85. The number of hydrogen-bond acceptors (Lipinski definition) is 6. The van der Waals surface area contributed by atoms with Gasteiger partial charge in [-0.3, -0.25) is 4.79 Å². The molecule has 0 aliphatic rings. The monoisotopic (exact) mass is 652 g/mol. The molecule has 0 aliphatic heterocycles. The van der Waals surface area contributed by atoms with E-state index in [4.69, 9.17) is 37.4 Å². The van der Waals surface area contributed by atoms with E-state index in [1.165, 1.54) is 18.2 Å². The molecule has 5 aromatic rings. The smallest absolute Gasteiger partial charge is 0.281 e. The predicted octanol–water partition coefficient (Wildman–Crippen LogP) is 8.02. The van der Waals surface area contributed by atoms with Crippen LogP contribution in [0.2, 0.25) is 10.0 Å². The van der Waals surface area contributed by atoms with E-state index in [1.54, 1.807) is 55.6 Å². The van der Waals surface area contributed by atoms with Crippen LogP contribution in [0.5, 0.6) is 23.0 Å². The molecule has 4 aromatic carbocycles. The van der Waals surface area contributed by atoms with E-state index >= 15 is 0 Å².